The number of aliphatic hydroxyl groups is 1. The van der Waals surface area contributed by atoms with Gasteiger partial charge in [-0.15, -0.1) is 0 Å². The monoisotopic (exact) mass is 156 g/mol. The van der Waals surface area contributed by atoms with Gasteiger partial charge in [-0.05, 0) is 32.1 Å². The van der Waals surface area contributed by atoms with Gasteiger partial charge in [-0.1, -0.05) is 26.0 Å². The summed E-state index contributed by atoms with van der Waals surface area (Å²) in [5, 5.41) is 8.94. The normalized spacial score (nSPS) is 14.6. The van der Waals surface area contributed by atoms with Crippen LogP contribution in [0.15, 0.2) is 12.2 Å². The standard InChI is InChI=1S/C10H20O/c1-9(2)7-5-4-6-8-10(3)11/h5,7,9-11H,4,6,8H2,1-3H3/t10-/m1/s1. The van der Waals surface area contributed by atoms with E-state index in [9.17, 15) is 0 Å². The summed E-state index contributed by atoms with van der Waals surface area (Å²) in [6.45, 7) is 6.18. The minimum absolute atomic E-state index is 0.137. The van der Waals surface area contributed by atoms with Gasteiger partial charge in [-0.3, -0.25) is 0 Å². The van der Waals surface area contributed by atoms with E-state index < -0.39 is 0 Å². The molecule has 0 aromatic heterocycles. The molecule has 1 N–H and O–H groups in total. The highest BCUT2D eigenvalue weighted by molar-refractivity contribution is 4.84. The fraction of sp³-hybridized carbons (Fsp3) is 0.800. The first-order valence-corrected chi connectivity index (χ1v) is 4.47. The van der Waals surface area contributed by atoms with Crippen molar-refractivity contribution in [2.75, 3.05) is 0 Å². The number of hydrogen-bond donors (Lipinski definition) is 1. The molecule has 0 saturated heterocycles. The molecule has 0 aliphatic heterocycles. The molecule has 0 unspecified atom stereocenters. The summed E-state index contributed by atoms with van der Waals surface area (Å²) >= 11 is 0. The predicted molar refractivity (Wildman–Crippen MR) is 49.5 cm³/mol. The van der Waals surface area contributed by atoms with Gasteiger partial charge >= 0.3 is 0 Å². The number of aliphatic hydroxyl groups excluding tert-OH is 1. The SMILES string of the molecule is CC(C)C=CCCC[C@@H](C)O. The molecular weight excluding hydrogens is 136 g/mol. The van der Waals surface area contributed by atoms with Crippen LogP contribution in [-0.4, -0.2) is 11.2 Å². The number of hydrogen-bond acceptors (Lipinski definition) is 1. The number of allylic oxidation sites excluding steroid dienone is 2. The molecule has 0 spiro atoms. The zero-order valence-corrected chi connectivity index (χ0v) is 7.88. The first-order chi connectivity index (χ1) is 5.13. The highest BCUT2D eigenvalue weighted by atomic mass is 16.3. The summed E-state index contributed by atoms with van der Waals surface area (Å²) < 4.78 is 0. The Kier molecular flexibility index (Phi) is 6.24. The van der Waals surface area contributed by atoms with Crippen molar-refractivity contribution in [1.82, 2.24) is 0 Å². The zero-order chi connectivity index (χ0) is 8.69. The molecule has 0 saturated carbocycles. The molecule has 1 nitrogen and oxygen atoms in total. The van der Waals surface area contributed by atoms with Gasteiger partial charge in [0.1, 0.15) is 0 Å². The highest BCUT2D eigenvalue weighted by Crippen LogP contribution is 2.02. The van der Waals surface area contributed by atoms with Crippen molar-refractivity contribution in [3.05, 3.63) is 12.2 Å². The Balaban J connectivity index is 3.14. The van der Waals surface area contributed by atoms with Crippen molar-refractivity contribution >= 4 is 0 Å². The van der Waals surface area contributed by atoms with Crippen LogP contribution in [0.4, 0.5) is 0 Å². The van der Waals surface area contributed by atoms with Crippen LogP contribution < -0.4 is 0 Å². The van der Waals surface area contributed by atoms with Gasteiger partial charge < -0.3 is 5.11 Å². The second-order valence-electron chi connectivity index (χ2n) is 3.45. The summed E-state index contributed by atoms with van der Waals surface area (Å²) in [6.07, 6.45) is 7.39. The predicted octanol–water partition coefficient (Wildman–Crippen LogP) is 2.75. The number of rotatable bonds is 5. The van der Waals surface area contributed by atoms with Crippen molar-refractivity contribution in [1.29, 1.82) is 0 Å². The van der Waals surface area contributed by atoms with Crippen LogP contribution in [0.3, 0.4) is 0 Å². The van der Waals surface area contributed by atoms with Gasteiger partial charge in [0.25, 0.3) is 0 Å². The Hall–Kier alpha value is -0.300. The molecule has 0 heterocycles. The van der Waals surface area contributed by atoms with E-state index in [0.29, 0.717) is 5.92 Å². The molecule has 1 atom stereocenters. The Morgan fingerprint density at radius 3 is 2.36 bits per heavy atom. The summed E-state index contributed by atoms with van der Waals surface area (Å²) in [6, 6.07) is 0. The third-order valence-electron chi connectivity index (χ3n) is 1.51. The van der Waals surface area contributed by atoms with E-state index >= 15 is 0 Å². The molecule has 0 radical (unpaired) electrons. The fourth-order valence-electron chi connectivity index (χ4n) is 0.900. The highest BCUT2D eigenvalue weighted by Gasteiger charge is 1.92. The van der Waals surface area contributed by atoms with Crippen molar-refractivity contribution in [3.63, 3.8) is 0 Å². The molecule has 0 aromatic rings. The molecule has 11 heavy (non-hydrogen) atoms. The van der Waals surface area contributed by atoms with Gasteiger partial charge in [0.15, 0.2) is 0 Å². The maximum atomic E-state index is 8.94. The summed E-state index contributed by atoms with van der Waals surface area (Å²) in [5.41, 5.74) is 0. The Morgan fingerprint density at radius 1 is 1.27 bits per heavy atom. The summed E-state index contributed by atoms with van der Waals surface area (Å²) in [7, 11) is 0. The minimum Gasteiger partial charge on any atom is -0.393 e. The topological polar surface area (TPSA) is 20.2 Å². The quantitative estimate of drug-likeness (QED) is 0.479. The molecule has 0 rings (SSSR count). The summed E-state index contributed by atoms with van der Waals surface area (Å²) in [5.74, 6) is 0.654. The fourth-order valence-corrected chi connectivity index (χ4v) is 0.900. The number of unbranched alkanes of at least 4 members (excludes halogenated alkanes) is 1. The van der Waals surface area contributed by atoms with Gasteiger partial charge in [0, 0.05) is 0 Å². The Bertz CT molecular complexity index is 103. The van der Waals surface area contributed by atoms with Crippen LogP contribution in [0.25, 0.3) is 0 Å². The van der Waals surface area contributed by atoms with Gasteiger partial charge in [0.2, 0.25) is 0 Å². The second-order valence-corrected chi connectivity index (χ2v) is 3.45. The van der Waals surface area contributed by atoms with E-state index in [-0.39, 0.29) is 6.10 Å². The third kappa shape index (κ3) is 9.70. The van der Waals surface area contributed by atoms with E-state index in [1.807, 2.05) is 6.92 Å². The second kappa shape index (κ2) is 6.41. The van der Waals surface area contributed by atoms with E-state index in [4.69, 9.17) is 5.11 Å². The van der Waals surface area contributed by atoms with E-state index in [1.165, 1.54) is 0 Å². The van der Waals surface area contributed by atoms with Crippen molar-refractivity contribution in [2.45, 2.75) is 46.1 Å². The van der Waals surface area contributed by atoms with Crippen LogP contribution >= 0.6 is 0 Å². The first-order valence-electron chi connectivity index (χ1n) is 4.47. The molecule has 0 aromatic carbocycles. The van der Waals surface area contributed by atoms with Gasteiger partial charge in [-0.2, -0.15) is 0 Å². The van der Waals surface area contributed by atoms with Crippen LogP contribution in [0, 0.1) is 5.92 Å². The molecule has 1 heteroatoms. The lowest BCUT2D eigenvalue weighted by molar-refractivity contribution is 0.182. The van der Waals surface area contributed by atoms with Crippen molar-refractivity contribution in [2.24, 2.45) is 5.92 Å². The van der Waals surface area contributed by atoms with Crippen LogP contribution in [0.5, 0.6) is 0 Å². The molecule has 0 fully saturated rings. The third-order valence-corrected chi connectivity index (χ3v) is 1.51. The van der Waals surface area contributed by atoms with Crippen LogP contribution in [0.1, 0.15) is 40.0 Å². The van der Waals surface area contributed by atoms with Crippen LogP contribution in [0.2, 0.25) is 0 Å². The molecule has 0 aliphatic rings. The average molecular weight is 156 g/mol. The Labute approximate surface area is 70.1 Å². The lowest BCUT2D eigenvalue weighted by Gasteiger charge is -2.00. The average Bonchev–Trinajstić information content (AvgIpc) is 1.85. The van der Waals surface area contributed by atoms with Crippen LogP contribution in [-0.2, 0) is 0 Å². The Morgan fingerprint density at radius 2 is 1.91 bits per heavy atom. The minimum atomic E-state index is -0.137. The van der Waals surface area contributed by atoms with E-state index in [0.717, 1.165) is 19.3 Å². The molecule has 0 amide bonds. The largest absolute Gasteiger partial charge is 0.393 e. The smallest absolute Gasteiger partial charge is 0.0512 e. The maximum Gasteiger partial charge on any atom is 0.0512 e. The maximum absolute atomic E-state index is 8.94. The zero-order valence-electron chi connectivity index (χ0n) is 7.88. The van der Waals surface area contributed by atoms with Crippen molar-refractivity contribution in [3.8, 4) is 0 Å². The lowest BCUT2D eigenvalue weighted by Crippen LogP contribution is -1.97. The molecule has 0 aliphatic carbocycles. The van der Waals surface area contributed by atoms with Gasteiger partial charge in [-0.25, -0.2) is 0 Å². The summed E-state index contributed by atoms with van der Waals surface area (Å²) in [4.78, 5) is 0. The molecular formula is C10H20O. The molecule has 0 bridgehead atoms. The first kappa shape index (κ1) is 10.7. The van der Waals surface area contributed by atoms with E-state index in [1.54, 1.807) is 0 Å². The lowest BCUT2D eigenvalue weighted by atomic mass is 10.1. The van der Waals surface area contributed by atoms with Crippen molar-refractivity contribution < 1.29 is 5.11 Å². The van der Waals surface area contributed by atoms with Gasteiger partial charge in [0.05, 0.1) is 6.10 Å². The van der Waals surface area contributed by atoms with E-state index in [2.05, 4.69) is 26.0 Å². The molecule has 66 valence electrons.